The monoisotopic (exact) mass is 549 g/mol. The Morgan fingerprint density at radius 2 is 1.97 bits per heavy atom. The molecule has 4 aromatic rings. The number of rotatable bonds is 11. The van der Waals surface area contributed by atoms with E-state index >= 15 is 0 Å². The molecule has 0 fully saturated rings. The van der Waals surface area contributed by atoms with Gasteiger partial charge in [0.15, 0.2) is 0 Å². The second-order valence-corrected chi connectivity index (χ2v) is 11.7. The Bertz CT molecular complexity index is 1600. The first-order valence-corrected chi connectivity index (χ1v) is 14.8. The number of aryl methyl sites for hydroxylation is 2. The van der Waals surface area contributed by atoms with Gasteiger partial charge in [-0.2, -0.15) is 5.10 Å². The summed E-state index contributed by atoms with van der Waals surface area (Å²) >= 11 is 0. The number of carboxylic acid groups (broad SMARTS) is 1. The molecule has 5 rings (SSSR count). The molecule has 0 radical (unpaired) electrons. The van der Waals surface area contributed by atoms with Crippen LogP contribution in [0.3, 0.4) is 0 Å². The van der Waals surface area contributed by atoms with E-state index in [9.17, 15) is 18.3 Å². The minimum absolute atomic E-state index is 0.0565. The number of ether oxygens (including phenoxy) is 1. The highest BCUT2D eigenvalue weighted by molar-refractivity contribution is 7.88. The largest absolute Gasteiger partial charge is 0.493 e. The predicted molar refractivity (Wildman–Crippen MR) is 146 cm³/mol. The van der Waals surface area contributed by atoms with Crippen LogP contribution in [-0.2, 0) is 40.6 Å². The lowest BCUT2D eigenvalue weighted by Gasteiger charge is -2.18. The van der Waals surface area contributed by atoms with E-state index in [0.29, 0.717) is 29.9 Å². The van der Waals surface area contributed by atoms with Crippen molar-refractivity contribution in [2.24, 2.45) is 0 Å². The quantitative estimate of drug-likeness (QED) is 0.290. The lowest BCUT2D eigenvalue weighted by molar-refractivity contribution is -0.137. The molecule has 1 aliphatic carbocycles. The highest BCUT2D eigenvalue weighted by atomic mass is 32.2. The van der Waals surface area contributed by atoms with Crippen LogP contribution in [0.15, 0.2) is 55.0 Å². The Kier molecular flexibility index (Phi) is 7.89. The van der Waals surface area contributed by atoms with Crippen LogP contribution in [0.25, 0.3) is 10.9 Å². The van der Waals surface area contributed by atoms with E-state index in [0.717, 1.165) is 35.7 Å². The number of nitrogens with one attached hydrogen (secondary N) is 1. The molecule has 2 N–H and O–H groups in total. The SMILES string of the molecule is CS(=O)(=O)NCc1cncc(C(CC(=O)O)n2ncc3cc(OCCc4ccc5c(n4)CCCC5)ccc32)c1. The van der Waals surface area contributed by atoms with Gasteiger partial charge in [0.25, 0.3) is 0 Å². The zero-order chi connectivity index (χ0) is 27.4. The molecule has 1 atom stereocenters. The minimum atomic E-state index is -3.38. The minimum Gasteiger partial charge on any atom is -0.493 e. The molecule has 1 unspecified atom stereocenters. The maximum absolute atomic E-state index is 11.7. The number of nitrogens with zero attached hydrogens (tertiary/aromatic N) is 4. The van der Waals surface area contributed by atoms with Crippen molar-refractivity contribution in [2.45, 2.75) is 51.1 Å². The molecule has 0 aliphatic heterocycles. The van der Waals surface area contributed by atoms with Crippen LogP contribution in [-0.4, -0.2) is 52.1 Å². The molecule has 0 bridgehead atoms. The second-order valence-electron chi connectivity index (χ2n) is 9.86. The molecule has 204 valence electrons. The van der Waals surface area contributed by atoms with Crippen molar-refractivity contribution in [3.8, 4) is 5.75 Å². The topological polar surface area (TPSA) is 136 Å². The van der Waals surface area contributed by atoms with Crippen LogP contribution in [0.4, 0.5) is 0 Å². The van der Waals surface area contributed by atoms with Gasteiger partial charge >= 0.3 is 5.97 Å². The van der Waals surface area contributed by atoms with Crippen LogP contribution in [0.2, 0.25) is 0 Å². The second kappa shape index (κ2) is 11.5. The van der Waals surface area contributed by atoms with Crippen LogP contribution in [0.5, 0.6) is 5.75 Å². The molecule has 0 spiro atoms. The van der Waals surface area contributed by atoms with Gasteiger partial charge in [-0.3, -0.25) is 19.4 Å². The first-order chi connectivity index (χ1) is 18.7. The van der Waals surface area contributed by atoms with Gasteiger partial charge in [-0.05, 0) is 72.7 Å². The fraction of sp³-hybridized carbons (Fsp3) is 0.357. The molecular formula is C28H31N5O5S. The summed E-state index contributed by atoms with van der Waals surface area (Å²) in [6.45, 7) is 0.550. The summed E-state index contributed by atoms with van der Waals surface area (Å²) < 4.78 is 33.1. The number of aliphatic carboxylic acids is 1. The van der Waals surface area contributed by atoms with Crippen LogP contribution in [0.1, 0.15) is 53.4 Å². The Morgan fingerprint density at radius 1 is 1.13 bits per heavy atom. The van der Waals surface area contributed by atoms with Crippen molar-refractivity contribution in [1.29, 1.82) is 0 Å². The number of fused-ring (bicyclic) bond motifs is 2. The molecule has 0 saturated heterocycles. The lowest BCUT2D eigenvalue weighted by Crippen LogP contribution is -2.22. The fourth-order valence-electron chi connectivity index (χ4n) is 4.92. The Balaban J connectivity index is 1.31. The molecule has 1 aliphatic rings. The zero-order valence-corrected chi connectivity index (χ0v) is 22.5. The number of carboxylic acids is 1. The Morgan fingerprint density at radius 3 is 2.79 bits per heavy atom. The summed E-state index contributed by atoms with van der Waals surface area (Å²) in [6, 6.07) is 11.0. The number of hydrogen-bond donors (Lipinski definition) is 2. The molecule has 39 heavy (non-hydrogen) atoms. The standard InChI is InChI=1S/C28H31N5O5S/c1-39(36,37)31-16-19-12-21(17-29-15-19)27(14-28(34)35)33-26-9-8-24(13-22(26)18-30-33)38-11-10-23-7-6-20-4-2-3-5-25(20)32-23/h6-9,12-13,15,17-18,27,31H,2-5,10-11,14,16H2,1H3,(H,34,35). The van der Waals surface area contributed by atoms with Crippen molar-refractivity contribution in [2.75, 3.05) is 12.9 Å². The molecule has 0 amide bonds. The highest BCUT2D eigenvalue weighted by Gasteiger charge is 2.22. The van der Waals surface area contributed by atoms with Crippen molar-refractivity contribution < 1.29 is 23.1 Å². The summed E-state index contributed by atoms with van der Waals surface area (Å²) in [6.07, 6.45) is 11.0. The van der Waals surface area contributed by atoms with Crippen molar-refractivity contribution in [1.82, 2.24) is 24.5 Å². The average molecular weight is 550 g/mol. The summed E-state index contributed by atoms with van der Waals surface area (Å²) in [7, 11) is -3.38. The first-order valence-electron chi connectivity index (χ1n) is 12.9. The normalized spacial score (nSPS) is 14.2. The van der Waals surface area contributed by atoms with Crippen molar-refractivity contribution in [3.05, 3.63) is 83.1 Å². The number of hydrogen-bond acceptors (Lipinski definition) is 7. The average Bonchev–Trinajstić information content (AvgIpc) is 3.33. The lowest BCUT2D eigenvalue weighted by atomic mass is 9.96. The maximum Gasteiger partial charge on any atom is 0.305 e. The predicted octanol–water partition coefficient (Wildman–Crippen LogP) is 3.44. The van der Waals surface area contributed by atoms with Gasteiger partial charge in [-0.15, -0.1) is 0 Å². The third-order valence-corrected chi connectivity index (χ3v) is 7.50. The van der Waals surface area contributed by atoms with Crippen molar-refractivity contribution >= 4 is 26.9 Å². The summed E-state index contributed by atoms with van der Waals surface area (Å²) in [5.41, 5.74) is 5.61. The van der Waals surface area contributed by atoms with E-state index in [2.05, 4.69) is 26.9 Å². The maximum atomic E-state index is 11.7. The van der Waals surface area contributed by atoms with E-state index in [1.807, 2.05) is 18.2 Å². The third kappa shape index (κ3) is 6.79. The highest BCUT2D eigenvalue weighted by Crippen LogP contribution is 2.29. The van der Waals surface area contributed by atoms with Gasteiger partial charge in [0.05, 0.1) is 37.0 Å². The number of benzene rings is 1. The number of pyridine rings is 2. The Labute approximate surface area is 227 Å². The van der Waals surface area contributed by atoms with Crippen LogP contribution in [0, 0.1) is 0 Å². The van der Waals surface area contributed by atoms with E-state index in [4.69, 9.17) is 9.72 Å². The van der Waals surface area contributed by atoms with E-state index < -0.39 is 22.0 Å². The van der Waals surface area contributed by atoms with Gasteiger partial charge < -0.3 is 9.84 Å². The van der Waals surface area contributed by atoms with Gasteiger partial charge in [-0.25, -0.2) is 13.1 Å². The van der Waals surface area contributed by atoms with Gasteiger partial charge in [0, 0.05) is 42.1 Å². The summed E-state index contributed by atoms with van der Waals surface area (Å²) in [5, 5.41) is 14.9. The molecule has 3 aromatic heterocycles. The van der Waals surface area contributed by atoms with E-state index in [1.165, 1.54) is 24.1 Å². The van der Waals surface area contributed by atoms with Gasteiger partial charge in [-0.1, -0.05) is 6.07 Å². The van der Waals surface area contributed by atoms with Crippen LogP contribution < -0.4 is 9.46 Å². The summed E-state index contributed by atoms with van der Waals surface area (Å²) in [5.74, 6) is -0.288. The van der Waals surface area contributed by atoms with E-state index in [1.54, 1.807) is 29.3 Å². The molecular weight excluding hydrogens is 518 g/mol. The molecule has 3 heterocycles. The van der Waals surface area contributed by atoms with Gasteiger partial charge in [0.2, 0.25) is 10.0 Å². The molecule has 11 heteroatoms. The van der Waals surface area contributed by atoms with Crippen molar-refractivity contribution in [3.63, 3.8) is 0 Å². The molecule has 10 nitrogen and oxygen atoms in total. The summed E-state index contributed by atoms with van der Waals surface area (Å²) in [4.78, 5) is 20.8. The van der Waals surface area contributed by atoms with Crippen LogP contribution >= 0.6 is 0 Å². The van der Waals surface area contributed by atoms with Gasteiger partial charge in [0.1, 0.15) is 5.75 Å². The molecule has 0 saturated carbocycles. The first kappa shape index (κ1) is 26.8. The zero-order valence-electron chi connectivity index (χ0n) is 21.7. The third-order valence-electron chi connectivity index (χ3n) is 6.83. The molecule has 1 aromatic carbocycles. The number of aromatic nitrogens is 4. The smallest absolute Gasteiger partial charge is 0.305 e. The Hall–Kier alpha value is -3.83. The number of carbonyl (C=O) groups is 1. The fourth-order valence-corrected chi connectivity index (χ4v) is 5.35. The number of sulfonamides is 1. The van der Waals surface area contributed by atoms with E-state index in [-0.39, 0.29) is 13.0 Å².